The van der Waals surface area contributed by atoms with E-state index in [1.807, 2.05) is 6.07 Å². The highest BCUT2D eigenvalue weighted by Crippen LogP contribution is 2.45. The largest absolute Gasteiger partial charge is 0.379 e. The Balaban J connectivity index is 1.73. The van der Waals surface area contributed by atoms with Crippen LogP contribution in [-0.4, -0.2) is 30.0 Å². The van der Waals surface area contributed by atoms with Gasteiger partial charge in [-0.05, 0) is 36.8 Å². The molecular weight excluding hydrogens is 377 g/mol. The lowest BCUT2D eigenvalue weighted by Gasteiger charge is -2.44. The predicted molar refractivity (Wildman–Crippen MR) is 106 cm³/mol. The van der Waals surface area contributed by atoms with Gasteiger partial charge in [0.15, 0.2) is 5.17 Å². The maximum absolute atomic E-state index is 14.8. The summed E-state index contributed by atoms with van der Waals surface area (Å²) in [5.74, 6) is 0.0717. The van der Waals surface area contributed by atoms with Crippen molar-refractivity contribution in [3.05, 3.63) is 71.0 Å². The second kappa shape index (κ2) is 7.74. The average molecular weight is 395 g/mol. The first-order chi connectivity index (χ1) is 13.6. The van der Waals surface area contributed by atoms with E-state index in [9.17, 15) is 14.4 Å². The Morgan fingerprint density at radius 2 is 2.14 bits per heavy atom. The van der Waals surface area contributed by atoms with Crippen molar-refractivity contribution in [2.75, 3.05) is 19.0 Å². The Morgan fingerprint density at radius 3 is 2.93 bits per heavy atom. The molecule has 28 heavy (non-hydrogen) atoms. The number of benzene rings is 2. The highest BCUT2D eigenvalue weighted by Gasteiger charge is 2.47. The molecule has 7 heteroatoms. The molecular formula is C21H18FN3O2S. The minimum absolute atomic E-state index is 0.0621. The van der Waals surface area contributed by atoms with Gasteiger partial charge >= 0.3 is 0 Å². The fraction of sp³-hybridized carbons (Fsp3) is 0.286. The van der Waals surface area contributed by atoms with Crippen molar-refractivity contribution in [1.82, 2.24) is 5.32 Å². The van der Waals surface area contributed by atoms with E-state index in [2.05, 4.69) is 11.4 Å². The number of halogens is 1. The summed E-state index contributed by atoms with van der Waals surface area (Å²) in [6.07, 6.45) is 0.743. The van der Waals surface area contributed by atoms with Crippen molar-refractivity contribution in [2.24, 2.45) is 10.9 Å². The third kappa shape index (κ3) is 3.41. The Kier molecular flexibility index (Phi) is 5.16. The molecule has 1 fully saturated rings. The number of thioether (sulfide) groups is 1. The Morgan fingerprint density at radius 1 is 1.32 bits per heavy atom. The van der Waals surface area contributed by atoms with Crippen LogP contribution in [0.25, 0.3) is 0 Å². The third-order valence-corrected chi connectivity index (χ3v) is 6.18. The lowest BCUT2D eigenvalue weighted by Crippen LogP contribution is -2.49. The first-order valence-corrected chi connectivity index (χ1v) is 9.98. The van der Waals surface area contributed by atoms with Gasteiger partial charge < -0.3 is 10.1 Å². The van der Waals surface area contributed by atoms with Gasteiger partial charge in [-0.1, -0.05) is 30.0 Å². The Hall–Kier alpha value is -2.69. The third-order valence-electron chi connectivity index (χ3n) is 5.15. The highest BCUT2D eigenvalue weighted by atomic mass is 32.2. The molecule has 1 saturated heterocycles. The molecule has 2 aromatic carbocycles. The molecule has 2 aromatic rings. The molecule has 0 aliphatic carbocycles. The molecule has 0 bridgehead atoms. The normalized spacial score (nSPS) is 23.9. The van der Waals surface area contributed by atoms with Gasteiger partial charge in [-0.2, -0.15) is 5.26 Å². The minimum atomic E-state index is -0.945. The second-order valence-electron chi connectivity index (χ2n) is 6.82. The lowest BCUT2D eigenvalue weighted by atomic mass is 9.76. The van der Waals surface area contributed by atoms with Crippen molar-refractivity contribution in [3.8, 4) is 6.07 Å². The molecule has 0 aromatic heterocycles. The van der Waals surface area contributed by atoms with Crippen LogP contribution < -0.4 is 5.32 Å². The van der Waals surface area contributed by atoms with Crippen molar-refractivity contribution >= 4 is 22.8 Å². The number of nitrogens with zero attached hydrogens (tertiary/aromatic N) is 2. The summed E-state index contributed by atoms with van der Waals surface area (Å²) in [4.78, 5) is 17.3. The van der Waals surface area contributed by atoms with Crippen LogP contribution in [0.2, 0.25) is 0 Å². The van der Waals surface area contributed by atoms with Crippen LogP contribution in [0.1, 0.15) is 27.9 Å². The van der Waals surface area contributed by atoms with Crippen molar-refractivity contribution < 1.29 is 13.9 Å². The maximum Gasteiger partial charge on any atom is 0.257 e. The molecule has 1 amide bonds. The number of ether oxygens (including phenoxy) is 1. The molecule has 0 spiro atoms. The number of hydrogen-bond donors (Lipinski definition) is 1. The van der Waals surface area contributed by atoms with Crippen molar-refractivity contribution in [1.29, 1.82) is 5.26 Å². The van der Waals surface area contributed by atoms with Crippen LogP contribution in [0.3, 0.4) is 0 Å². The first kappa shape index (κ1) is 18.7. The number of carbonyl (C=O) groups is 1. The number of amidine groups is 1. The molecule has 2 unspecified atom stereocenters. The first-order valence-electron chi connectivity index (χ1n) is 8.99. The van der Waals surface area contributed by atoms with Gasteiger partial charge in [0.2, 0.25) is 0 Å². The smallest absolute Gasteiger partial charge is 0.257 e. The summed E-state index contributed by atoms with van der Waals surface area (Å²) in [7, 11) is 0. The predicted octanol–water partition coefficient (Wildman–Crippen LogP) is 3.46. The number of nitriles is 1. The quantitative estimate of drug-likeness (QED) is 0.845. The molecule has 2 aliphatic rings. The van der Waals surface area contributed by atoms with Crippen LogP contribution in [0.5, 0.6) is 0 Å². The number of aliphatic imine (C=N–C) groups is 1. The number of hydrogen-bond acceptors (Lipinski definition) is 5. The fourth-order valence-corrected chi connectivity index (χ4v) is 4.85. The monoisotopic (exact) mass is 395 g/mol. The number of carbonyl (C=O) groups excluding carboxylic acids is 1. The van der Waals surface area contributed by atoms with Gasteiger partial charge in [0.25, 0.3) is 5.91 Å². The summed E-state index contributed by atoms with van der Waals surface area (Å²) in [6, 6.07) is 15.2. The average Bonchev–Trinajstić information content (AvgIpc) is 2.74. The number of amides is 1. The molecule has 0 saturated carbocycles. The summed E-state index contributed by atoms with van der Waals surface area (Å²) in [5.41, 5.74) is 0.306. The standard InChI is InChI=1S/C21H18FN3O2S/c22-18-7-6-14(11-23)10-17(18)21-13-27-9-8-16(21)12-28-20(25-21)24-19(26)15-4-2-1-3-5-15/h1-7,10,16H,8-9,12-13H2,(H,24,25,26). The van der Waals surface area contributed by atoms with Crippen LogP contribution in [0, 0.1) is 23.1 Å². The van der Waals surface area contributed by atoms with E-state index in [1.165, 1.54) is 23.9 Å². The van der Waals surface area contributed by atoms with E-state index in [-0.39, 0.29) is 18.4 Å². The fourth-order valence-electron chi connectivity index (χ4n) is 3.66. The van der Waals surface area contributed by atoms with Crippen LogP contribution in [0.15, 0.2) is 53.5 Å². The molecule has 0 radical (unpaired) electrons. The molecule has 4 rings (SSSR count). The summed E-state index contributed by atoms with van der Waals surface area (Å²) >= 11 is 1.46. The Labute approximate surface area is 166 Å². The zero-order valence-corrected chi connectivity index (χ0v) is 15.8. The zero-order valence-electron chi connectivity index (χ0n) is 15.0. The maximum atomic E-state index is 14.8. The number of rotatable bonds is 2. The van der Waals surface area contributed by atoms with Gasteiger partial charge in [0.05, 0.1) is 18.2 Å². The zero-order chi connectivity index (χ0) is 19.6. The van der Waals surface area contributed by atoms with E-state index in [0.717, 1.165) is 6.42 Å². The molecule has 2 aliphatic heterocycles. The van der Waals surface area contributed by atoms with Gasteiger partial charge in [-0.25, -0.2) is 9.38 Å². The molecule has 1 N–H and O–H groups in total. The van der Waals surface area contributed by atoms with Crippen molar-refractivity contribution in [2.45, 2.75) is 12.0 Å². The van der Waals surface area contributed by atoms with Crippen LogP contribution in [0.4, 0.5) is 4.39 Å². The highest BCUT2D eigenvalue weighted by molar-refractivity contribution is 8.13. The molecule has 142 valence electrons. The second-order valence-corrected chi connectivity index (χ2v) is 7.83. The molecule has 2 heterocycles. The van der Waals surface area contributed by atoms with E-state index < -0.39 is 11.4 Å². The van der Waals surface area contributed by atoms with Crippen LogP contribution >= 0.6 is 11.8 Å². The molecule has 5 nitrogen and oxygen atoms in total. The van der Waals surface area contributed by atoms with E-state index in [0.29, 0.717) is 34.2 Å². The SMILES string of the molecule is N#Cc1ccc(F)c(C23COCCC2CSC(NC(=O)c2ccccc2)=N3)c1. The number of fused-ring (bicyclic) bond motifs is 1. The molecule has 2 atom stereocenters. The van der Waals surface area contributed by atoms with E-state index in [4.69, 9.17) is 9.73 Å². The summed E-state index contributed by atoms with van der Waals surface area (Å²) in [6.45, 7) is 0.808. The summed E-state index contributed by atoms with van der Waals surface area (Å²) in [5, 5.41) is 12.5. The van der Waals surface area contributed by atoms with Crippen molar-refractivity contribution in [3.63, 3.8) is 0 Å². The van der Waals surface area contributed by atoms with Crippen LogP contribution in [-0.2, 0) is 10.3 Å². The summed E-state index contributed by atoms with van der Waals surface area (Å²) < 4.78 is 20.5. The lowest BCUT2D eigenvalue weighted by molar-refractivity contribution is 0.00289. The number of nitrogens with one attached hydrogen (secondary N) is 1. The van der Waals surface area contributed by atoms with E-state index >= 15 is 0 Å². The van der Waals surface area contributed by atoms with E-state index in [1.54, 1.807) is 30.3 Å². The Bertz CT molecular complexity index is 973. The van der Waals surface area contributed by atoms with Gasteiger partial charge in [-0.3, -0.25) is 4.79 Å². The minimum Gasteiger partial charge on any atom is -0.379 e. The van der Waals surface area contributed by atoms with Gasteiger partial charge in [0.1, 0.15) is 11.4 Å². The van der Waals surface area contributed by atoms with Gasteiger partial charge in [-0.15, -0.1) is 0 Å². The topological polar surface area (TPSA) is 74.5 Å². The van der Waals surface area contributed by atoms with Gasteiger partial charge in [0, 0.05) is 29.4 Å².